The summed E-state index contributed by atoms with van der Waals surface area (Å²) in [5.41, 5.74) is 0.643. The first-order chi connectivity index (χ1) is 7.71. The Labute approximate surface area is 103 Å². The van der Waals surface area contributed by atoms with Gasteiger partial charge in [-0.05, 0) is 36.2 Å². The lowest BCUT2D eigenvalue weighted by Gasteiger charge is -2.14. The second-order valence-electron chi connectivity index (χ2n) is 4.12. The first-order valence-electron chi connectivity index (χ1n) is 5.11. The molecule has 0 aromatic carbocycles. The van der Waals surface area contributed by atoms with Crippen LogP contribution in [0.5, 0.6) is 0 Å². The molecule has 1 aliphatic rings. The molecular formula is C10H12ClN3OS. The molecule has 0 radical (unpaired) electrons. The summed E-state index contributed by atoms with van der Waals surface area (Å²) in [5.74, 6) is 0. The molecule has 0 aliphatic heterocycles. The van der Waals surface area contributed by atoms with Gasteiger partial charge in [0.05, 0.1) is 0 Å². The molecule has 0 spiro atoms. The highest BCUT2D eigenvalue weighted by atomic mass is 35.5. The molecule has 2 N–H and O–H groups in total. The van der Waals surface area contributed by atoms with Gasteiger partial charge in [-0.3, -0.25) is 0 Å². The molecule has 0 bridgehead atoms. The molecule has 2 rings (SSSR count). The lowest BCUT2D eigenvalue weighted by atomic mass is 10.0. The Kier molecular flexibility index (Phi) is 3.33. The van der Waals surface area contributed by atoms with Crippen LogP contribution >= 0.6 is 23.1 Å². The maximum atomic E-state index is 8.93. The number of hydrogen-bond donors (Lipinski definition) is 2. The van der Waals surface area contributed by atoms with Crippen LogP contribution in [0.1, 0.15) is 24.8 Å². The van der Waals surface area contributed by atoms with E-state index in [9.17, 15) is 0 Å². The zero-order chi connectivity index (χ0) is 11.6. The number of aliphatic hydroxyl groups is 1. The second kappa shape index (κ2) is 4.58. The van der Waals surface area contributed by atoms with E-state index in [0.717, 1.165) is 30.8 Å². The monoisotopic (exact) mass is 257 g/mol. The first-order valence-corrected chi connectivity index (χ1v) is 6.26. The average Bonchev–Trinajstić information content (AvgIpc) is 2.94. The fraction of sp³-hybridized carbons (Fsp3) is 0.600. The fourth-order valence-corrected chi connectivity index (χ4v) is 2.61. The largest absolute Gasteiger partial charge is 0.396 e. The molecule has 1 saturated carbocycles. The molecule has 1 aromatic rings. The Morgan fingerprint density at radius 3 is 2.94 bits per heavy atom. The fourth-order valence-electron chi connectivity index (χ4n) is 1.69. The quantitative estimate of drug-likeness (QED) is 0.849. The predicted molar refractivity (Wildman–Crippen MR) is 63.7 cm³/mol. The van der Waals surface area contributed by atoms with Crippen molar-refractivity contribution in [2.75, 3.05) is 18.5 Å². The van der Waals surface area contributed by atoms with Gasteiger partial charge in [0.2, 0.25) is 0 Å². The van der Waals surface area contributed by atoms with Crippen LogP contribution in [-0.2, 0) is 0 Å². The summed E-state index contributed by atoms with van der Waals surface area (Å²) in [6.07, 6.45) is 3.08. The van der Waals surface area contributed by atoms with Crippen LogP contribution in [0.15, 0.2) is 0 Å². The SMILES string of the molecule is N#Cc1c(Cl)nsc1NCC1(CCO)CC1. The van der Waals surface area contributed by atoms with E-state index in [4.69, 9.17) is 22.0 Å². The van der Waals surface area contributed by atoms with Crippen LogP contribution in [0.2, 0.25) is 5.15 Å². The van der Waals surface area contributed by atoms with Crippen molar-refractivity contribution >= 4 is 28.1 Å². The number of nitrogens with one attached hydrogen (secondary N) is 1. The molecule has 86 valence electrons. The van der Waals surface area contributed by atoms with E-state index in [0.29, 0.717) is 5.56 Å². The Morgan fingerprint density at radius 1 is 1.62 bits per heavy atom. The minimum absolute atomic E-state index is 0.218. The van der Waals surface area contributed by atoms with Crippen molar-refractivity contribution in [3.63, 3.8) is 0 Å². The average molecular weight is 258 g/mol. The zero-order valence-electron chi connectivity index (χ0n) is 8.66. The summed E-state index contributed by atoms with van der Waals surface area (Å²) in [5, 5.41) is 22.0. The molecule has 1 heterocycles. The van der Waals surface area contributed by atoms with E-state index in [1.54, 1.807) is 0 Å². The second-order valence-corrected chi connectivity index (χ2v) is 5.25. The minimum Gasteiger partial charge on any atom is -0.396 e. The molecule has 6 heteroatoms. The molecule has 0 unspecified atom stereocenters. The van der Waals surface area contributed by atoms with Crippen molar-refractivity contribution in [2.24, 2.45) is 5.41 Å². The molecule has 0 atom stereocenters. The van der Waals surface area contributed by atoms with E-state index in [1.807, 2.05) is 6.07 Å². The van der Waals surface area contributed by atoms with Crippen molar-refractivity contribution in [1.29, 1.82) is 5.26 Å². The van der Waals surface area contributed by atoms with Crippen LogP contribution in [-0.4, -0.2) is 22.6 Å². The maximum absolute atomic E-state index is 8.93. The topological polar surface area (TPSA) is 68.9 Å². The van der Waals surface area contributed by atoms with Gasteiger partial charge in [-0.2, -0.15) is 9.64 Å². The molecular weight excluding hydrogens is 246 g/mol. The zero-order valence-corrected chi connectivity index (χ0v) is 10.2. The van der Waals surface area contributed by atoms with Gasteiger partial charge in [-0.15, -0.1) is 0 Å². The van der Waals surface area contributed by atoms with Crippen molar-refractivity contribution in [1.82, 2.24) is 4.37 Å². The number of hydrogen-bond acceptors (Lipinski definition) is 5. The Morgan fingerprint density at radius 2 is 2.38 bits per heavy atom. The molecule has 0 saturated heterocycles. The van der Waals surface area contributed by atoms with Crippen LogP contribution in [0.3, 0.4) is 0 Å². The van der Waals surface area contributed by atoms with Crippen molar-refractivity contribution in [3.8, 4) is 6.07 Å². The van der Waals surface area contributed by atoms with Gasteiger partial charge in [0.15, 0.2) is 5.15 Å². The first kappa shape index (κ1) is 11.6. The summed E-state index contributed by atoms with van der Waals surface area (Å²) in [6.45, 7) is 0.997. The van der Waals surface area contributed by atoms with Crippen LogP contribution < -0.4 is 5.32 Å². The Bertz CT molecular complexity index is 422. The third-order valence-corrected chi connectivity index (χ3v) is 4.16. The smallest absolute Gasteiger partial charge is 0.162 e. The van der Waals surface area contributed by atoms with Crippen molar-refractivity contribution in [3.05, 3.63) is 10.7 Å². The third kappa shape index (κ3) is 2.29. The lowest BCUT2D eigenvalue weighted by Crippen LogP contribution is -2.16. The summed E-state index contributed by atoms with van der Waals surface area (Å²) >= 11 is 6.98. The van der Waals surface area contributed by atoms with Gasteiger partial charge in [0.25, 0.3) is 0 Å². The Balaban J connectivity index is 1.98. The lowest BCUT2D eigenvalue weighted by molar-refractivity contribution is 0.253. The highest BCUT2D eigenvalue weighted by Gasteiger charge is 2.41. The van der Waals surface area contributed by atoms with E-state index in [1.165, 1.54) is 11.5 Å². The number of anilines is 1. The molecule has 1 aromatic heterocycles. The van der Waals surface area contributed by atoms with Crippen molar-refractivity contribution < 1.29 is 5.11 Å². The number of aromatic nitrogens is 1. The molecule has 0 amide bonds. The molecule has 1 fully saturated rings. The van der Waals surface area contributed by atoms with Crippen LogP contribution in [0.4, 0.5) is 5.00 Å². The normalized spacial score (nSPS) is 16.8. The number of rotatable bonds is 5. The maximum Gasteiger partial charge on any atom is 0.162 e. The van der Waals surface area contributed by atoms with Gasteiger partial charge in [-0.1, -0.05) is 11.6 Å². The number of aliphatic hydroxyl groups excluding tert-OH is 1. The van der Waals surface area contributed by atoms with E-state index in [2.05, 4.69) is 9.69 Å². The van der Waals surface area contributed by atoms with Crippen molar-refractivity contribution in [2.45, 2.75) is 19.3 Å². The highest BCUT2D eigenvalue weighted by Crippen LogP contribution is 2.48. The van der Waals surface area contributed by atoms with Gasteiger partial charge in [-0.25, -0.2) is 0 Å². The van der Waals surface area contributed by atoms with Gasteiger partial charge < -0.3 is 10.4 Å². The predicted octanol–water partition coefficient (Wildman–Crippen LogP) is 2.24. The molecule has 16 heavy (non-hydrogen) atoms. The van der Waals surface area contributed by atoms with E-state index >= 15 is 0 Å². The third-order valence-electron chi connectivity index (χ3n) is 2.99. The van der Waals surface area contributed by atoms with E-state index < -0.39 is 0 Å². The minimum atomic E-state index is 0.218. The number of nitriles is 1. The highest BCUT2D eigenvalue weighted by molar-refractivity contribution is 7.10. The summed E-state index contributed by atoms with van der Waals surface area (Å²) in [6, 6.07) is 2.04. The number of nitrogens with zero attached hydrogens (tertiary/aromatic N) is 2. The summed E-state index contributed by atoms with van der Waals surface area (Å²) < 4.78 is 3.93. The van der Waals surface area contributed by atoms with Gasteiger partial charge >= 0.3 is 0 Å². The Hall–Kier alpha value is -0.830. The van der Waals surface area contributed by atoms with E-state index in [-0.39, 0.29) is 17.2 Å². The summed E-state index contributed by atoms with van der Waals surface area (Å²) in [4.78, 5) is 0. The van der Waals surface area contributed by atoms with Gasteiger partial charge in [0.1, 0.15) is 16.6 Å². The summed E-state index contributed by atoms with van der Waals surface area (Å²) in [7, 11) is 0. The van der Waals surface area contributed by atoms with Crippen LogP contribution in [0, 0.1) is 16.7 Å². The number of halogens is 1. The van der Waals surface area contributed by atoms with Gasteiger partial charge in [0, 0.05) is 13.2 Å². The standard InChI is InChI=1S/C10H12ClN3OS/c11-8-7(5-12)9(16-14-8)13-6-10(1-2-10)3-4-15/h13,15H,1-4,6H2. The van der Waals surface area contributed by atoms with Crippen LogP contribution in [0.25, 0.3) is 0 Å². The molecule has 4 nitrogen and oxygen atoms in total. The molecule has 1 aliphatic carbocycles.